The molecular formula is C4H6N2O2. The van der Waals surface area contributed by atoms with Crippen molar-refractivity contribution in [2.45, 2.75) is 6.42 Å². The van der Waals surface area contributed by atoms with Crippen LogP contribution in [0.5, 0.6) is 0 Å². The van der Waals surface area contributed by atoms with Gasteiger partial charge in [-0.25, -0.2) is 0 Å². The highest BCUT2D eigenvalue weighted by Gasteiger charge is 2.12. The fraction of sp³-hybridized carbons (Fsp3) is 0.500. The van der Waals surface area contributed by atoms with Gasteiger partial charge in [-0.2, -0.15) is 0 Å². The summed E-state index contributed by atoms with van der Waals surface area (Å²) >= 11 is 0. The standard InChI is InChI=1S/C4H6N2O2/c5-4(7)3-1-2-8-6-3/h1-2H2,(H2,5,7). The van der Waals surface area contributed by atoms with E-state index in [2.05, 4.69) is 9.99 Å². The number of primary amides is 1. The molecule has 0 unspecified atom stereocenters. The van der Waals surface area contributed by atoms with E-state index in [0.29, 0.717) is 18.7 Å². The average Bonchev–Trinajstić information content (AvgIpc) is 2.12. The molecule has 1 rings (SSSR count). The molecule has 0 spiro atoms. The zero-order chi connectivity index (χ0) is 5.98. The van der Waals surface area contributed by atoms with Gasteiger partial charge in [0, 0.05) is 6.42 Å². The topological polar surface area (TPSA) is 64.7 Å². The van der Waals surface area contributed by atoms with Crippen molar-refractivity contribution in [1.82, 2.24) is 0 Å². The summed E-state index contributed by atoms with van der Waals surface area (Å²) in [7, 11) is 0. The lowest BCUT2D eigenvalue weighted by Gasteiger charge is -1.82. The average molecular weight is 114 g/mol. The van der Waals surface area contributed by atoms with Crippen LogP contribution in [-0.2, 0) is 9.63 Å². The maximum Gasteiger partial charge on any atom is 0.266 e. The first-order chi connectivity index (χ1) is 3.80. The zero-order valence-corrected chi connectivity index (χ0v) is 4.26. The summed E-state index contributed by atoms with van der Waals surface area (Å²) in [6.45, 7) is 0.484. The van der Waals surface area contributed by atoms with Crippen LogP contribution >= 0.6 is 0 Å². The van der Waals surface area contributed by atoms with E-state index < -0.39 is 5.91 Å². The van der Waals surface area contributed by atoms with Crippen molar-refractivity contribution in [3.63, 3.8) is 0 Å². The molecule has 0 atom stereocenters. The van der Waals surface area contributed by atoms with E-state index in [1.165, 1.54) is 0 Å². The van der Waals surface area contributed by atoms with Gasteiger partial charge in [0.1, 0.15) is 12.3 Å². The van der Waals surface area contributed by atoms with Crippen molar-refractivity contribution in [2.24, 2.45) is 10.9 Å². The summed E-state index contributed by atoms with van der Waals surface area (Å²) in [5.41, 5.74) is 5.19. The first kappa shape index (κ1) is 5.08. The van der Waals surface area contributed by atoms with Gasteiger partial charge < -0.3 is 10.6 Å². The Morgan fingerprint density at radius 1 is 1.88 bits per heavy atom. The van der Waals surface area contributed by atoms with Gasteiger partial charge in [-0.05, 0) is 0 Å². The highest BCUT2D eigenvalue weighted by atomic mass is 16.6. The molecule has 0 radical (unpaired) electrons. The lowest BCUT2D eigenvalue weighted by Crippen LogP contribution is -2.21. The number of hydrogen-bond donors (Lipinski definition) is 1. The molecule has 0 aromatic carbocycles. The Labute approximate surface area is 46.3 Å². The third-order valence-electron chi connectivity index (χ3n) is 0.889. The van der Waals surface area contributed by atoms with E-state index in [0.717, 1.165) is 0 Å². The van der Waals surface area contributed by atoms with Gasteiger partial charge in [0.15, 0.2) is 0 Å². The highest BCUT2D eigenvalue weighted by Crippen LogP contribution is 1.97. The molecule has 2 N–H and O–H groups in total. The molecule has 0 aliphatic carbocycles. The van der Waals surface area contributed by atoms with Crippen LogP contribution in [-0.4, -0.2) is 18.2 Å². The quantitative estimate of drug-likeness (QED) is 0.487. The molecule has 0 aromatic heterocycles. The third kappa shape index (κ3) is 0.776. The van der Waals surface area contributed by atoms with E-state index in [1.54, 1.807) is 0 Å². The van der Waals surface area contributed by atoms with Crippen LogP contribution in [0.1, 0.15) is 6.42 Å². The van der Waals surface area contributed by atoms with E-state index in [4.69, 9.17) is 5.73 Å². The number of nitrogens with zero attached hydrogens (tertiary/aromatic N) is 1. The van der Waals surface area contributed by atoms with Crippen LogP contribution in [0.4, 0.5) is 0 Å². The van der Waals surface area contributed by atoms with Gasteiger partial charge in [0.25, 0.3) is 5.91 Å². The lowest BCUT2D eigenvalue weighted by atomic mass is 10.3. The molecule has 4 heteroatoms. The van der Waals surface area contributed by atoms with Crippen molar-refractivity contribution >= 4 is 11.6 Å². The van der Waals surface area contributed by atoms with Crippen LogP contribution in [0.25, 0.3) is 0 Å². The lowest BCUT2D eigenvalue weighted by molar-refractivity contribution is -0.112. The molecule has 0 aromatic rings. The predicted octanol–water partition coefficient (Wildman–Crippen LogP) is -0.752. The maximum absolute atomic E-state index is 10.2. The number of hydrogen-bond acceptors (Lipinski definition) is 3. The number of rotatable bonds is 1. The molecule has 4 nitrogen and oxygen atoms in total. The number of nitrogens with two attached hydrogens (primary N) is 1. The smallest absolute Gasteiger partial charge is 0.266 e. The minimum atomic E-state index is -0.484. The zero-order valence-electron chi connectivity index (χ0n) is 4.26. The van der Waals surface area contributed by atoms with Crippen LogP contribution in [0.2, 0.25) is 0 Å². The Balaban J connectivity index is 2.57. The van der Waals surface area contributed by atoms with Gasteiger partial charge in [0.2, 0.25) is 0 Å². The normalized spacial score (nSPS) is 17.2. The molecule has 44 valence electrons. The molecule has 1 aliphatic rings. The fourth-order valence-corrected chi connectivity index (χ4v) is 0.480. The number of oxime groups is 1. The van der Waals surface area contributed by atoms with Crippen LogP contribution in [0, 0.1) is 0 Å². The summed E-state index contributed by atoms with van der Waals surface area (Å²) in [6, 6.07) is 0. The minimum Gasteiger partial charge on any atom is -0.395 e. The van der Waals surface area contributed by atoms with E-state index in [9.17, 15) is 4.79 Å². The Hall–Kier alpha value is -1.06. The number of carbonyl (C=O) groups excluding carboxylic acids is 1. The molecule has 0 fully saturated rings. The number of carbonyl (C=O) groups is 1. The van der Waals surface area contributed by atoms with Gasteiger partial charge in [-0.3, -0.25) is 4.79 Å². The summed E-state index contributed by atoms with van der Waals surface area (Å²) in [5, 5.41) is 3.38. The second-order valence-corrected chi connectivity index (χ2v) is 1.49. The van der Waals surface area contributed by atoms with Crippen molar-refractivity contribution < 1.29 is 9.63 Å². The minimum absolute atomic E-state index is 0.338. The fourth-order valence-electron chi connectivity index (χ4n) is 0.480. The maximum atomic E-state index is 10.2. The van der Waals surface area contributed by atoms with Gasteiger partial charge in [-0.15, -0.1) is 0 Å². The van der Waals surface area contributed by atoms with Crippen molar-refractivity contribution in [1.29, 1.82) is 0 Å². The van der Waals surface area contributed by atoms with E-state index in [-0.39, 0.29) is 0 Å². The van der Waals surface area contributed by atoms with Crippen molar-refractivity contribution in [3.05, 3.63) is 0 Å². The summed E-state index contributed by atoms with van der Waals surface area (Å²) in [6.07, 6.45) is 0.551. The highest BCUT2D eigenvalue weighted by molar-refractivity contribution is 6.38. The second kappa shape index (κ2) is 1.81. The first-order valence-electron chi connectivity index (χ1n) is 2.29. The Morgan fingerprint density at radius 3 is 2.88 bits per heavy atom. The summed E-state index contributed by atoms with van der Waals surface area (Å²) in [4.78, 5) is 14.7. The molecule has 8 heavy (non-hydrogen) atoms. The SMILES string of the molecule is NC(=O)C1=NOCC1. The number of amides is 1. The van der Waals surface area contributed by atoms with Crippen molar-refractivity contribution in [3.8, 4) is 0 Å². The molecule has 1 heterocycles. The molecular weight excluding hydrogens is 108 g/mol. The van der Waals surface area contributed by atoms with Crippen LogP contribution in [0.3, 0.4) is 0 Å². The van der Waals surface area contributed by atoms with Crippen LogP contribution in [0.15, 0.2) is 5.16 Å². The van der Waals surface area contributed by atoms with Crippen molar-refractivity contribution in [2.75, 3.05) is 6.61 Å². The molecule has 1 aliphatic heterocycles. The largest absolute Gasteiger partial charge is 0.395 e. The van der Waals surface area contributed by atoms with Crippen LogP contribution < -0.4 is 5.73 Å². The molecule has 0 saturated carbocycles. The van der Waals surface area contributed by atoms with E-state index >= 15 is 0 Å². The summed E-state index contributed by atoms with van der Waals surface area (Å²) < 4.78 is 0. The molecule has 0 saturated heterocycles. The Bertz CT molecular complexity index is 141. The second-order valence-electron chi connectivity index (χ2n) is 1.49. The Morgan fingerprint density at radius 2 is 2.62 bits per heavy atom. The van der Waals surface area contributed by atoms with E-state index in [1.807, 2.05) is 0 Å². The van der Waals surface area contributed by atoms with Gasteiger partial charge >= 0.3 is 0 Å². The third-order valence-corrected chi connectivity index (χ3v) is 0.889. The molecule has 1 amide bonds. The molecule has 0 bridgehead atoms. The Kier molecular flexibility index (Phi) is 1.15. The van der Waals surface area contributed by atoms with Gasteiger partial charge in [-0.1, -0.05) is 5.16 Å². The first-order valence-corrected chi connectivity index (χ1v) is 2.29. The monoisotopic (exact) mass is 114 g/mol. The predicted molar refractivity (Wildman–Crippen MR) is 27.2 cm³/mol. The van der Waals surface area contributed by atoms with Gasteiger partial charge in [0.05, 0.1) is 0 Å². The summed E-state index contributed by atoms with van der Waals surface area (Å²) in [5.74, 6) is -0.484.